The Labute approximate surface area is 137 Å². The number of hydrogen-bond acceptors (Lipinski definition) is 5. The van der Waals surface area contributed by atoms with E-state index in [4.69, 9.17) is 9.47 Å². The van der Waals surface area contributed by atoms with Crippen molar-refractivity contribution >= 4 is 12.1 Å². The van der Waals surface area contributed by atoms with Crippen molar-refractivity contribution < 1.29 is 29.3 Å². The molecule has 1 aliphatic rings. The van der Waals surface area contributed by atoms with Gasteiger partial charge in [0.2, 0.25) is 0 Å². The van der Waals surface area contributed by atoms with E-state index < -0.39 is 17.4 Å². The number of carbonyl (C=O) groups excluding carboxylic acids is 1. The lowest BCUT2D eigenvalue weighted by molar-refractivity contribution is -0.155. The van der Waals surface area contributed by atoms with Crippen molar-refractivity contribution in [2.45, 2.75) is 71.2 Å². The van der Waals surface area contributed by atoms with E-state index in [1.54, 1.807) is 34.6 Å². The maximum atomic E-state index is 11.8. The molecule has 1 fully saturated rings. The molecule has 0 saturated carbocycles. The molecule has 1 rings (SSSR count). The second kappa shape index (κ2) is 7.49. The van der Waals surface area contributed by atoms with Crippen molar-refractivity contribution in [1.82, 2.24) is 4.90 Å². The number of carboxylic acid groups (broad SMARTS) is 1. The summed E-state index contributed by atoms with van der Waals surface area (Å²) in [6.07, 6.45) is 0.0681. The van der Waals surface area contributed by atoms with Crippen molar-refractivity contribution in [1.29, 1.82) is 0 Å². The van der Waals surface area contributed by atoms with Crippen LogP contribution in [0.1, 0.15) is 53.9 Å². The molecule has 1 heterocycles. The van der Waals surface area contributed by atoms with Crippen LogP contribution in [0, 0.1) is 5.92 Å². The fourth-order valence-electron chi connectivity index (χ4n) is 2.83. The van der Waals surface area contributed by atoms with Gasteiger partial charge >= 0.3 is 12.1 Å². The summed E-state index contributed by atoms with van der Waals surface area (Å²) >= 11 is 0. The predicted molar refractivity (Wildman–Crippen MR) is 84.0 cm³/mol. The lowest BCUT2D eigenvalue weighted by Crippen LogP contribution is -2.47. The van der Waals surface area contributed by atoms with Gasteiger partial charge in [-0.15, -0.1) is 0 Å². The maximum Gasteiger partial charge on any atom is 0.409 e. The van der Waals surface area contributed by atoms with E-state index >= 15 is 0 Å². The van der Waals surface area contributed by atoms with Gasteiger partial charge in [0.1, 0.15) is 11.3 Å². The number of ether oxygens (including phenoxy) is 2. The Bertz CT molecular complexity index is 429. The van der Waals surface area contributed by atoms with Gasteiger partial charge in [0.05, 0.1) is 12.6 Å². The van der Waals surface area contributed by atoms with E-state index in [9.17, 15) is 19.8 Å². The van der Waals surface area contributed by atoms with Crippen molar-refractivity contribution in [3.8, 4) is 0 Å². The number of hydrogen-bond donors (Lipinski definition) is 2. The van der Waals surface area contributed by atoms with Gasteiger partial charge in [0.25, 0.3) is 0 Å². The Kier molecular flexibility index (Phi) is 6.41. The van der Waals surface area contributed by atoms with Gasteiger partial charge in [-0.1, -0.05) is 0 Å². The number of rotatable bonds is 6. The number of aliphatic hydroxyl groups excluding tert-OH is 1. The van der Waals surface area contributed by atoms with Crippen LogP contribution in [0.5, 0.6) is 0 Å². The van der Waals surface area contributed by atoms with E-state index in [-0.39, 0.29) is 31.0 Å². The molecule has 2 N–H and O–H groups in total. The SMILES string of the molecule is CC(C)(C)OC(=O)CCC(CO)CC1COC(C)(C)N1C(=O)O. The number of aliphatic hydroxyl groups is 1. The van der Waals surface area contributed by atoms with Gasteiger partial charge in [-0.25, -0.2) is 4.79 Å². The number of esters is 1. The highest BCUT2D eigenvalue weighted by molar-refractivity contribution is 5.69. The van der Waals surface area contributed by atoms with Gasteiger partial charge in [-0.3, -0.25) is 9.69 Å². The molecular weight excluding hydrogens is 302 g/mol. The van der Waals surface area contributed by atoms with Crippen molar-refractivity contribution in [3.05, 3.63) is 0 Å². The van der Waals surface area contributed by atoms with Gasteiger partial charge in [0, 0.05) is 13.0 Å². The van der Waals surface area contributed by atoms with Crippen LogP contribution in [0.15, 0.2) is 0 Å². The van der Waals surface area contributed by atoms with Crippen molar-refractivity contribution in [2.24, 2.45) is 5.92 Å². The first-order chi connectivity index (χ1) is 10.5. The van der Waals surface area contributed by atoms with Crippen LogP contribution in [0.25, 0.3) is 0 Å². The Hall–Kier alpha value is -1.34. The first-order valence-corrected chi connectivity index (χ1v) is 7.95. The Balaban J connectivity index is 2.56. The molecule has 0 aromatic heterocycles. The smallest absolute Gasteiger partial charge is 0.409 e. The van der Waals surface area contributed by atoms with Gasteiger partial charge < -0.3 is 19.7 Å². The minimum absolute atomic E-state index is 0.104. The summed E-state index contributed by atoms with van der Waals surface area (Å²) in [4.78, 5) is 24.5. The Morgan fingerprint density at radius 1 is 1.39 bits per heavy atom. The summed E-state index contributed by atoms with van der Waals surface area (Å²) < 4.78 is 10.8. The molecule has 0 aromatic rings. The van der Waals surface area contributed by atoms with E-state index in [2.05, 4.69) is 0 Å². The molecule has 0 spiro atoms. The van der Waals surface area contributed by atoms with E-state index in [1.807, 2.05) is 0 Å². The zero-order valence-electron chi connectivity index (χ0n) is 14.7. The molecule has 0 radical (unpaired) electrons. The average molecular weight is 331 g/mol. The van der Waals surface area contributed by atoms with Gasteiger partial charge in [0.15, 0.2) is 0 Å². The molecule has 1 amide bonds. The first-order valence-electron chi connectivity index (χ1n) is 7.95. The highest BCUT2D eigenvalue weighted by atomic mass is 16.6. The maximum absolute atomic E-state index is 11.8. The van der Waals surface area contributed by atoms with Crippen LogP contribution in [0.2, 0.25) is 0 Å². The molecular formula is C16H29NO6. The topological polar surface area (TPSA) is 96.3 Å². The van der Waals surface area contributed by atoms with Gasteiger partial charge in [-0.05, 0) is 53.4 Å². The molecule has 0 bridgehead atoms. The highest BCUT2D eigenvalue weighted by Crippen LogP contribution is 2.31. The van der Waals surface area contributed by atoms with Crippen LogP contribution in [0.3, 0.4) is 0 Å². The fourth-order valence-corrected chi connectivity index (χ4v) is 2.83. The molecule has 1 saturated heterocycles. The fraction of sp³-hybridized carbons (Fsp3) is 0.875. The molecule has 1 aliphatic heterocycles. The minimum atomic E-state index is -1.04. The quantitative estimate of drug-likeness (QED) is 0.725. The highest BCUT2D eigenvalue weighted by Gasteiger charge is 2.44. The summed E-state index contributed by atoms with van der Waals surface area (Å²) in [5, 5.41) is 18.9. The van der Waals surface area contributed by atoms with E-state index in [1.165, 1.54) is 4.90 Å². The molecule has 0 aliphatic carbocycles. The molecule has 2 unspecified atom stereocenters. The van der Waals surface area contributed by atoms with Crippen LogP contribution in [-0.4, -0.2) is 57.8 Å². The van der Waals surface area contributed by atoms with Crippen molar-refractivity contribution in [2.75, 3.05) is 13.2 Å². The number of amides is 1. The largest absolute Gasteiger partial charge is 0.465 e. The monoisotopic (exact) mass is 331 g/mol. The molecule has 134 valence electrons. The summed E-state index contributed by atoms with van der Waals surface area (Å²) in [5.41, 5.74) is -1.41. The molecule has 2 atom stereocenters. The second-order valence-electron chi connectivity index (χ2n) is 7.47. The van der Waals surface area contributed by atoms with E-state index in [0.29, 0.717) is 19.4 Å². The summed E-state index contributed by atoms with van der Waals surface area (Å²) in [6, 6.07) is -0.321. The zero-order valence-corrected chi connectivity index (χ0v) is 14.7. The standard InChI is InChI=1S/C16H29NO6/c1-15(2,3)23-13(19)7-6-11(9-18)8-12-10-22-16(4,5)17(12)14(20)21/h11-12,18H,6-10H2,1-5H3,(H,20,21). The molecule has 0 aromatic carbocycles. The third kappa shape index (κ3) is 5.99. The van der Waals surface area contributed by atoms with E-state index in [0.717, 1.165) is 0 Å². The molecule has 7 nitrogen and oxygen atoms in total. The number of carbonyl (C=O) groups is 2. The third-order valence-corrected chi connectivity index (χ3v) is 3.82. The lowest BCUT2D eigenvalue weighted by Gasteiger charge is -2.32. The molecule has 23 heavy (non-hydrogen) atoms. The number of nitrogens with zero attached hydrogens (tertiary/aromatic N) is 1. The first kappa shape index (κ1) is 19.7. The minimum Gasteiger partial charge on any atom is -0.465 e. The predicted octanol–water partition coefficient (Wildman–Crippen LogP) is 2.22. The normalized spacial score (nSPS) is 22.0. The van der Waals surface area contributed by atoms with Crippen LogP contribution >= 0.6 is 0 Å². The van der Waals surface area contributed by atoms with Crippen molar-refractivity contribution in [3.63, 3.8) is 0 Å². The summed E-state index contributed by atoms with van der Waals surface area (Å²) in [6.45, 7) is 9.01. The zero-order chi connectivity index (χ0) is 17.8. The Morgan fingerprint density at radius 2 is 2.00 bits per heavy atom. The summed E-state index contributed by atoms with van der Waals surface area (Å²) in [5.74, 6) is -0.485. The molecule has 7 heteroatoms. The average Bonchev–Trinajstić information content (AvgIpc) is 2.67. The summed E-state index contributed by atoms with van der Waals surface area (Å²) in [7, 11) is 0. The third-order valence-electron chi connectivity index (χ3n) is 3.82. The van der Waals surface area contributed by atoms with Crippen LogP contribution in [0.4, 0.5) is 4.79 Å². The van der Waals surface area contributed by atoms with Crippen LogP contribution < -0.4 is 0 Å². The van der Waals surface area contributed by atoms with Crippen LogP contribution in [-0.2, 0) is 14.3 Å². The lowest BCUT2D eigenvalue weighted by atomic mass is 9.95. The van der Waals surface area contributed by atoms with Gasteiger partial charge in [-0.2, -0.15) is 0 Å². The second-order valence-corrected chi connectivity index (χ2v) is 7.47. The Morgan fingerprint density at radius 3 is 2.48 bits per heavy atom.